The van der Waals surface area contributed by atoms with Gasteiger partial charge in [0, 0.05) is 18.9 Å². The fourth-order valence-corrected chi connectivity index (χ4v) is 12.8. The zero-order chi connectivity index (χ0) is 38.4. The number of carbonyl (C=O) groups is 5. The monoisotopic (exact) mass is 726 g/mol. The third kappa shape index (κ3) is 6.50. The van der Waals surface area contributed by atoms with Crippen LogP contribution < -0.4 is 10.6 Å². The first-order valence-corrected chi connectivity index (χ1v) is 19.9. The largest absolute Gasteiger partial charge is 0.469 e. The molecule has 2 amide bonds. The fraction of sp³-hybridized carbons (Fsp3) is 0.833. The van der Waals surface area contributed by atoms with Crippen molar-refractivity contribution in [1.29, 1.82) is 0 Å². The van der Waals surface area contributed by atoms with Crippen LogP contribution in [0, 0.1) is 56.7 Å². The third-order valence-electron chi connectivity index (χ3n) is 16.3. The maximum atomic E-state index is 14.7. The van der Waals surface area contributed by atoms with Gasteiger partial charge in [-0.05, 0) is 115 Å². The van der Waals surface area contributed by atoms with E-state index in [9.17, 15) is 24.0 Å². The predicted octanol–water partition coefficient (Wildman–Crippen LogP) is 6.69. The van der Waals surface area contributed by atoms with Crippen molar-refractivity contribution >= 4 is 29.7 Å². The second-order valence-corrected chi connectivity index (χ2v) is 18.5. The third-order valence-corrected chi connectivity index (χ3v) is 16.3. The Balaban J connectivity index is 1.44. The lowest BCUT2D eigenvalue weighted by Crippen LogP contribution is -2.67. The number of ether oxygens (including phenoxy) is 3. The molecule has 0 spiro atoms. The minimum Gasteiger partial charge on any atom is -0.469 e. The molecular weight excluding hydrogens is 660 g/mol. The molecule has 4 saturated carbocycles. The lowest BCUT2D eigenvalue weighted by Gasteiger charge is -2.71. The average molecular weight is 727 g/mol. The molecule has 5 aliphatic carbocycles. The van der Waals surface area contributed by atoms with Crippen molar-refractivity contribution in [3.05, 3.63) is 11.6 Å². The summed E-state index contributed by atoms with van der Waals surface area (Å²) in [6, 6.07) is -0.867. The average Bonchev–Trinajstić information content (AvgIpc) is 3.11. The number of rotatable bonds is 10. The Hall–Kier alpha value is -2.91. The summed E-state index contributed by atoms with van der Waals surface area (Å²) in [7, 11) is 3.98. The standard InChI is InChI=1S/C42H66N2O8/c1-25-17-22-42(37(49)43-28(36(48)52-10)12-15-33(46)50-8)24-23-40(6)27(35(42)26(25)2)11-13-30-39(5)20-19-31(44-32(45)14-16-34(47)51-9)38(3,4)29(39)18-21-41(30,40)7/h11,25-26,28-31,35H,12-24H2,1-10H3,(H,43,49)(H,44,45)/t25-,26+,28?,29+,30-,31+,35+,39+,40-,41-,42+/m1/s1. The first-order chi connectivity index (χ1) is 24.4. The molecular formula is C42H66N2O8. The summed E-state index contributed by atoms with van der Waals surface area (Å²) < 4.78 is 14.6. The Morgan fingerprint density at radius 1 is 0.788 bits per heavy atom. The van der Waals surface area contributed by atoms with E-state index < -0.39 is 23.4 Å². The zero-order valence-electron chi connectivity index (χ0n) is 33.6. The van der Waals surface area contributed by atoms with E-state index in [1.165, 1.54) is 26.9 Å². The summed E-state index contributed by atoms with van der Waals surface area (Å²) in [6.45, 7) is 16.9. The quantitative estimate of drug-likeness (QED) is 0.144. The minimum atomic E-state index is -0.914. The van der Waals surface area contributed by atoms with Gasteiger partial charge >= 0.3 is 17.9 Å². The van der Waals surface area contributed by atoms with Crippen LogP contribution in [0.1, 0.15) is 132 Å². The molecule has 0 saturated heterocycles. The van der Waals surface area contributed by atoms with Crippen LogP contribution in [0.15, 0.2) is 11.6 Å². The van der Waals surface area contributed by atoms with E-state index in [2.05, 4.69) is 65.2 Å². The van der Waals surface area contributed by atoms with Gasteiger partial charge in [-0.1, -0.05) is 60.1 Å². The van der Waals surface area contributed by atoms with Gasteiger partial charge in [0.25, 0.3) is 0 Å². The van der Waals surface area contributed by atoms with Gasteiger partial charge in [-0.15, -0.1) is 0 Å². The topological polar surface area (TPSA) is 137 Å². The van der Waals surface area contributed by atoms with Crippen molar-refractivity contribution in [2.24, 2.45) is 56.7 Å². The molecule has 10 heteroatoms. The van der Waals surface area contributed by atoms with Gasteiger partial charge in [-0.2, -0.15) is 0 Å². The maximum Gasteiger partial charge on any atom is 0.328 e. The molecule has 4 fully saturated rings. The molecule has 292 valence electrons. The first kappa shape index (κ1) is 40.3. The molecule has 0 aromatic rings. The van der Waals surface area contributed by atoms with Gasteiger partial charge in [0.05, 0.1) is 33.2 Å². The molecule has 5 aliphatic rings. The molecule has 0 aromatic carbocycles. The van der Waals surface area contributed by atoms with Crippen molar-refractivity contribution in [1.82, 2.24) is 10.6 Å². The number of allylic oxidation sites excluding steroid dienone is 2. The second kappa shape index (κ2) is 14.7. The molecule has 0 aliphatic heterocycles. The molecule has 0 bridgehead atoms. The molecule has 0 heterocycles. The Labute approximate surface area is 311 Å². The van der Waals surface area contributed by atoms with E-state index in [-0.39, 0.29) is 77.1 Å². The molecule has 10 nitrogen and oxygen atoms in total. The molecule has 1 unspecified atom stereocenters. The summed E-state index contributed by atoms with van der Waals surface area (Å²) in [4.78, 5) is 64.2. The fourth-order valence-electron chi connectivity index (χ4n) is 12.8. The Bertz CT molecular complexity index is 1460. The molecule has 2 N–H and O–H groups in total. The number of amides is 2. The summed E-state index contributed by atoms with van der Waals surface area (Å²) in [5.41, 5.74) is 0.734. The van der Waals surface area contributed by atoms with E-state index in [0.717, 1.165) is 57.8 Å². The van der Waals surface area contributed by atoms with Crippen molar-refractivity contribution in [2.45, 2.75) is 144 Å². The summed E-state index contributed by atoms with van der Waals surface area (Å²) in [6.07, 6.45) is 11.4. The zero-order valence-corrected chi connectivity index (χ0v) is 33.6. The van der Waals surface area contributed by atoms with Crippen LogP contribution in [0.2, 0.25) is 0 Å². The number of fused-ring (bicyclic) bond motifs is 7. The van der Waals surface area contributed by atoms with Crippen LogP contribution in [0.5, 0.6) is 0 Å². The highest BCUT2D eigenvalue weighted by Gasteiger charge is 2.69. The van der Waals surface area contributed by atoms with Gasteiger partial charge in [0.2, 0.25) is 11.8 Å². The van der Waals surface area contributed by atoms with Crippen molar-refractivity contribution in [3.63, 3.8) is 0 Å². The Morgan fingerprint density at radius 3 is 2.12 bits per heavy atom. The van der Waals surface area contributed by atoms with Gasteiger partial charge in [0.15, 0.2) is 0 Å². The summed E-state index contributed by atoms with van der Waals surface area (Å²) in [5, 5.41) is 6.42. The highest BCUT2D eigenvalue weighted by Crippen LogP contribution is 2.75. The first-order valence-electron chi connectivity index (χ1n) is 19.9. The van der Waals surface area contributed by atoms with Crippen LogP contribution in [0.4, 0.5) is 0 Å². The molecule has 52 heavy (non-hydrogen) atoms. The van der Waals surface area contributed by atoms with Gasteiger partial charge in [0.1, 0.15) is 6.04 Å². The van der Waals surface area contributed by atoms with Crippen LogP contribution in [0.25, 0.3) is 0 Å². The number of nitrogens with one attached hydrogen (secondary N) is 2. The predicted molar refractivity (Wildman–Crippen MR) is 197 cm³/mol. The highest BCUT2D eigenvalue weighted by atomic mass is 16.5. The SMILES string of the molecule is COC(=O)CCC(=O)N[C@H]1CC[C@]2(C)[C@H]3CC=C4[C@@H]5[C@@H](C)[C@H](C)CC[C@]5(C(=O)NC(CCC(=O)OC)C(=O)OC)CC[C@@]4(C)[C@]3(C)CC[C@H]2C1(C)C. The molecule has 5 rings (SSSR count). The smallest absolute Gasteiger partial charge is 0.328 e. The number of esters is 3. The van der Waals surface area contributed by atoms with Gasteiger partial charge in [-0.25, -0.2) is 4.79 Å². The molecule has 11 atom stereocenters. The lowest BCUT2D eigenvalue weighted by molar-refractivity contribution is -0.190. The van der Waals surface area contributed by atoms with Crippen molar-refractivity contribution in [3.8, 4) is 0 Å². The van der Waals surface area contributed by atoms with Gasteiger partial charge in [-0.3, -0.25) is 19.2 Å². The summed E-state index contributed by atoms with van der Waals surface area (Å²) >= 11 is 0. The van der Waals surface area contributed by atoms with E-state index in [4.69, 9.17) is 14.2 Å². The minimum absolute atomic E-state index is 0.0163. The Morgan fingerprint density at radius 2 is 1.46 bits per heavy atom. The maximum absolute atomic E-state index is 14.7. The van der Waals surface area contributed by atoms with Crippen molar-refractivity contribution < 1.29 is 38.2 Å². The normalized spacial score (nSPS) is 39.5. The summed E-state index contributed by atoms with van der Waals surface area (Å²) in [5.74, 6) is 0.194. The number of hydrogen-bond acceptors (Lipinski definition) is 8. The number of hydrogen-bond donors (Lipinski definition) is 2. The highest BCUT2D eigenvalue weighted by molar-refractivity contribution is 5.89. The number of methoxy groups -OCH3 is 3. The molecule has 0 aromatic heterocycles. The lowest BCUT2D eigenvalue weighted by atomic mass is 9.33. The van der Waals surface area contributed by atoms with E-state index >= 15 is 0 Å². The van der Waals surface area contributed by atoms with E-state index in [1.54, 1.807) is 0 Å². The second-order valence-electron chi connectivity index (χ2n) is 18.5. The van der Waals surface area contributed by atoms with E-state index in [1.807, 2.05) is 0 Å². The number of carbonyl (C=O) groups excluding carboxylic acids is 5. The van der Waals surface area contributed by atoms with Crippen LogP contribution >= 0.6 is 0 Å². The van der Waals surface area contributed by atoms with E-state index in [0.29, 0.717) is 23.7 Å². The van der Waals surface area contributed by atoms with Crippen LogP contribution in [0.3, 0.4) is 0 Å². The van der Waals surface area contributed by atoms with Crippen molar-refractivity contribution in [2.75, 3.05) is 21.3 Å². The Kier molecular flexibility index (Phi) is 11.4. The van der Waals surface area contributed by atoms with Gasteiger partial charge < -0.3 is 24.8 Å². The van der Waals surface area contributed by atoms with Crippen LogP contribution in [-0.4, -0.2) is 63.1 Å². The molecule has 0 radical (unpaired) electrons. The van der Waals surface area contributed by atoms with Crippen LogP contribution in [-0.2, 0) is 38.2 Å².